The van der Waals surface area contributed by atoms with Crippen LogP contribution in [0, 0.1) is 5.92 Å². The minimum Gasteiger partial charge on any atom is -0.497 e. The summed E-state index contributed by atoms with van der Waals surface area (Å²) in [5.41, 5.74) is 0.761. The van der Waals surface area contributed by atoms with Crippen molar-refractivity contribution in [2.24, 2.45) is 5.92 Å². The van der Waals surface area contributed by atoms with Crippen LogP contribution < -0.4 is 0 Å². The van der Waals surface area contributed by atoms with Crippen LogP contribution in [0.2, 0.25) is 0 Å². The lowest BCUT2D eigenvalue weighted by atomic mass is 9.95. The standard InChI is InChI=1S/C13H17NO3/c1-13(2)7-17-12-10-6-8(16-3)4-5-9(10)11(15)14(12)13/h4-6,10,12,15H,7H2,1-3H3/t10-,12-/m0/s1. The molecule has 2 atom stereocenters. The van der Waals surface area contributed by atoms with Crippen LogP contribution in [0.5, 0.6) is 0 Å². The van der Waals surface area contributed by atoms with Crippen LogP contribution in [0.3, 0.4) is 0 Å². The quantitative estimate of drug-likeness (QED) is 0.754. The molecule has 0 aromatic rings. The van der Waals surface area contributed by atoms with Crippen LogP contribution in [0.25, 0.3) is 0 Å². The lowest BCUT2D eigenvalue weighted by molar-refractivity contribution is 0.0204. The maximum Gasteiger partial charge on any atom is 0.193 e. The summed E-state index contributed by atoms with van der Waals surface area (Å²) in [5.74, 6) is 1.23. The molecule has 2 heterocycles. The van der Waals surface area contributed by atoms with Crippen molar-refractivity contribution in [1.29, 1.82) is 0 Å². The Balaban J connectivity index is 2.03. The summed E-state index contributed by atoms with van der Waals surface area (Å²) in [6.45, 7) is 4.78. The highest BCUT2D eigenvalue weighted by Crippen LogP contribution is 2.45. The Hall–Kier alpha value is -1.42. The fraction of sp³-hybridized carbons (Fsp3) is 0.538. The van der Waals surface area contributed by atoms with Gasteiger partial charge in [0.15, 0.2) is 5.88 Å². The van der Waals surface area contributed by atoms with Gasteiger partial charge in [0, 0.05) is 5.57 Å². The van der Waals surface area contributed by atoms with Gasteiger partial charge in [0.2, 0.25) is 0 Å². The summed E-state index contributed by atoms with van der Waals surface area (Å²) in [4.78, 5) is 1.96. The molecule has 0 radical (unpaired) electrons. The van der Waals surface area contributed by atoms with E-state index in [2.05, 4.69) is 13.8 Å². The third-order valence-corrected chi connectivity index (χ3v) is 3.67. The Morgan fingerprint density at radius 1 is 1.47 bits per heavy atom. The van der Waals surface area contributed by atoms with Crippen molar-refractivity contribution in [2.75, 3.05) is 13.7 Å². The molecule has 4 heteroatoms. The molecule has 3 aliphatic rings. The number of allylic oxidation sites excluding steroid dienone is 2. The first kappa shape index (κ1) is 10.7. The largest absolute Gasteiger partial charge is 0.497 e. The minimum atomic E-state index is -0.159. The second-order valence-electron chi connectivity index (χ2n) is 5.30. The number of ether oxygens (including phenoxy) is 2. The average Bonchev–Trinajstić information content (AvgIpc) is 2.77. The van der Waals surface area contributed by atoms with Crippen LogP contribution in [0.15, 0.2) is 35.4 Å². The zero-order valence-electron chi connectivity index (χ0n) is 10.3. The molecule has 0 amide bonds. The Morgan fingerprint density at radius 3 is 2.94 bits per heavy atom. The number of methoxy groups -OCH3 is 1. The molecule has 4 nitrogen and oxygen atoms in total. The van der Waals surface area contributed by atoms with Crippen LogP contribution in [-0.4, -0.2) is 35.5 Å². The van der Waals surface area contributed by atoms with E-state index in [4.69, 9.17) is 9.47 Å². The highest BCUT2D eigenvalue weighted by Gasteiger charge is 2.51. The number of rotatable bonds is 1. The van der Waals surface area contributed by atoms with E-state index in [0.29, 0.717) is 12.5 Å². The van der Waals surface area contributed by atoms with Gasteiger partial charge in [-0.2, -0.15) is 0 Å². The van der Waals surface area contributed by atoms with E-state index in [1.54, 1.807) is 7.11 Å². The summed E-state index contributed by atoms with van der Waals surface area (Å²) in [7, 11) is 1.65. The Labute approximate surface area is 101 Å². The maximum absolute atomic E-state index is 10.3. The zero-order valence-corrected chi connectivity index (χ0v) is 10.3. The lowest BCUT2D eigenvalue weighted by Crippen LogP contribution is -2.42. The van der Waals surface area contributed by atoms with E-state index in [9.17, 15) is 5.11 Å². The van der Waals surface area contributed by atoms with E-state index < -0.39 is 0 Å². The van der Waals surface area contributed by atoms with Gasteiger partial charge < -0.3 is 19.5 Å². The van der Waals surface area contributed by atoms with Gasteiger partial charge in [-0.15, -0.1) is 0 Å². The molecule has 0 aromatic heterocycles. The van der Waals surface area contributed by atoms with Crippen LogP contribution >= 0.6 is 0 Å². The topological polar surface area (TPSA) is 41.9 Å². The van der Waals surface area contributed by atoms with Crippen molar-refractivity contribution in [1.82, 2.24) is 4.90 Å². The minimum absolute atomic E-state index is 0.0664. The van der Waals surface area contributed by atoms with Crippen LogP contribution in [-0.2, 0) is 9.47 Å². The predicted octanol–water partition coefficient (Wildman–Crippen LogP) is 1.92. The van der Waals surface area contributed by atoms with Crippen molar-refractivity contribution < 1.29 is 14.6 Å². The van der Waals surface area contributed by atoms with Crippen molar-refractivity contribution >= 4 is 0 Å². The molecule has 1 fully saturated rings. The average molecular weight is 235 g/mol. The van der Waals surface area contributed by atoms with E-state index in [-0.39, 0.29) is 17.7 Å². The molecule has 0 unspecified atom stereocenters. The SMILES string of the molecule is COC1=C[C@H]2C(=C(O)N3[C@H]2OCC3(C)C)C=C1. The summed E-state index contributed by atoms with van der Waals surface area (Å²) >= 11 is 0. The van der Waals surface area contributed by atoms with E-state index in [0.717, 1.165) is 11.3 Å². The second kappa shape index (κ2) is 3.29. The number of fused-ring (bicyclic) bond motifs is 3. The summed E-state index contributed by atoms with van der Waals surface area (Å²) in [5, 5.41) is 10.3. The van der Waals surface area contributed by atoms with Gasteiger partial charge in [-0.05, 0) is 32.1 Å². The molecule has 17 heavy (non-hydrogen) atoms. The number of hydrogen-bond acceptors (Lipinski definition) is 4. The molecule has 2 aliphatic heterocycles. The highest BCUT2D eigenvalue weighted by molar-refractivity contribution is 5.42. The number of aliphatic hydroxyl groups is 1. The van der Waals surface area contributed by atoms with Gasteiger partial charge in [0.05, 0.1) is 25.2 Å². The monoisotopic (exact) mass is 235 g/mol. The Morgan fingerprint density at radius 2 is 2.24 bits per heavy atom. The molecular formula is C13H17NO3. The first-order valence-electron chi connectivity index (χ1n) is 5.82. The summed E-state index contributed by atoms with van der Waals surface area (Å²) in [6.07, 6.45) is 5.70. The first-order valence-corrected chi connectivity index (χ1v) is 5.82. The van der Waals surface area contributed by atoms with Crippen molar-refractivity contribution in [3.63, 3.8) is 0 Å². The molecule has 92 valence electrons. The van der Waals surface area contributed by atoms with Crippen LogP contribution in [0.1, 0.15) is 13.8 Å². The molecule has 0 saturated carbocycles. The van der Waals surface area contributed by atoms with Gasteiger partial charge in [0.25, 0.3) is 0 Å². The molecule has 1 aliphatic carbocycles. The predicted molar refractivity (Wildman–Crippen MR) is 63.0 cm³/mol. The van der Waals surface area contributed by atoms with Crippen molar-refractivity contribution in [2.45, 2.75) is 25.6 Å². The maximum atomic E-state index is 10.3. The normalized spacial score (nSPS) is 33.6. The molecule has 0 bridgehead atoms. The van der Waals surface area contributed by atoms with Crippen molar-refractivity contribution in [3.8, 4) is 0 Å². The second-order valence-corrected chi connectivity index (χ2v) is 5.30. The fourth-order valence-corrected chi connectivity index (χ4v) is 2.79. The van der Waals surface area contributed by atoms with Gasteiger partial charge in [-0.1, -0.05) is 0 Å². The number of nitrogens with zero attached hydrogens (tertiary/aromatic N) is 1. The van der Waals surface area contributed by atoms with E-state index in [1.165, 1.54) is 0 Å². The van der Waals surface area contributed by atoms with Gasteiger partial charge in [-0.3, -0.25) is 0 Å². The molecular weight excluding hydrogens is 218 g/mol. The van der Waals surface area contributed by atoms with Gasteiger partial charge >= 0.3 is 0 Å². The van der Waals surface area contributed by atoms with Crippen LogP contribution in [0.4, 0.5) is 0 Å². The smallest absolute Gasteiger partial charge is 0.193 e. The van der Waals surface area contributed by atoms with Crippen molar-refractivity contribution in [3.05, 3.63) is 35.4 Å². The third kappa shape index (κ3) is 1.33. The first-order chi connectivity index (χ1) is 8.04. The molecule has 1 saturated heterocycles. The summed E-state index contributed by atoms with van der Waals surface area (Å²) in [6, 6.07) is 0. The highest BCUT2D eigenvalue weighted by atomic mass is 16.5. The fourth-order valence-electron chi connectivity index (χ4n) is 2.79. The van der Waals surface area contributed by atoms with E-state index >= 15 is 0 Å². The third-order valence-electron chi connectivity index (χ3n) is 3.67. The summed E-state index contributed by atoms with van der Waals surface area (Å²) < 4.78 is 11.0. The number of aliphatic hydroxyl groups excluding tert-OH is 1. The molecule has 1 N–H and O–H groups in total. The number of hydrogen-bond donors (Lipinski definition) is 1. The van der Waals surface area contributed by atoms with Gasteiger partial charge in [0.1, 0.15) is 12.0 Å². The van der Waals surface area contributed by atoms with Gasteiger partial charge in [-0.25, -0.2) is 0 Å². The molecule has 0 aromatic carbocycles. The Bertz CT molecular complexity index is 448. The molecule has 0 spiro atoms. The van der Waals surface area contributed by atoms with E-state index in [1.807, 2.05) is 23.1 Å². The lowest BCUT2D eigenvalue weighted by Gasteiger charge is -2.30. The zero-order chi connectivity index (χ0) is 12.2. The molecule has 3 rings (SSSR count). The Kier molecular flexibility index (Phi) is 2.08.